The molecule has 1 rings (SSSR count). The van der Waals surface area contributed by atoms with Crippen LogP contribution in [0.3, 0.4) is 0 Å². The summed E-state index contributed by atoms with van der Waals surface area (Å²) in [5, 5.41) is 5.35. The summed E-state index contributed by atoms with van der Waals surface area (Å²) in [5.41, 5.74) is -0.119. The normalized spacial score (nSPS) is 12.7. The molecule has 10 heteroatoms. The maximum absolute atomic E-state index is 13.7. The van der Waals surface area contributed by atoms with Crippen molar-refractivity contribution in [3.63, 3.8) is 0 Å². The highest BCUT2D eigenvalue weighted by molar-refractivity contribution is 7.80. The van der Waals surface area contributed by atoms with Crippen molar-refractivity contribution in [2.45, 2.75) is 78.0 Å². The second kappa shape index (κ2) is 16.1. The summed E-state index contributed by atoms with van der Waals surface area (Å²) in [6, 6.07) is 6.99. The summed E-state index contributed by atoms with van der Waals surface area (Å²) in [7, 11) is 0. The number of alkyl carbamates (subject to hydrolysis) is 1. The predicted molar refractivity (Wildman–Crippen MR) is 142 cm³/mol. The minimum Gasteiger partial charge on any atom is -0.466 e. The molecule has 0 radical (unpaired) electrons. The standard InChI is InChI=1S/C26H41N3O6S/c1-6-8-12-17-29(24(32)20(18-36)28-25(33)35-26(3,4)5)22(19-13-10-9-11-14-19)23(31)27-16-15-21(30)34-7-2/h9-11,13-14,20,22,36H,6-8,12,15-18H2,1-5H3,(H,27,31)(H,28,33). The lowest BCUT2D eigenvalue weighted by molar-refractivity contribution is -0.144. The first-order valence-electron chi connectivity index (χ1n) is 12.4. The van der Waals surface area contributed by atoms with Crippen LogP contribution in [0, 0.1) is 0 Å². The molecule has 2 N–H and O–H groups in total. The molecule has 0 heterocycles. The summed E-state index contributed by atoms with van der Waals surface area (Å²) in [4.78, 5) is 52.7. The average Bonchev–Trinajstić information content (AvgIpc) is 2.81. The number of unbranched alkanes of at least 4 members (excludes halogenated alkanes) is 2. The Bertz CT molecular complexity index is 844. The maximum Gasteiger partial charge on any atom is 0.408 e. The van der Waals surface area contributed by atoms with E-state index in [0.717, 1.165) is 12.8 Å². The Kier molecular flexibility index (Phi) is 14.0. The van der Waals surface area contributed by atoms with Crippen LogP contribution in [0.5, 0.6) is 0 Å². The Labute approximate surface area is 220 Å². The van der Waals surface area contributed by atoms with E-state index in [9.17, 15) is 19.2 Å². The van der Waals surface area contributed by atoms with E-state index in [2.05, 4.69) is 23.3 Å². The molecule has 0 saturated heterocycles. The lowest BCUT2D eigenvalue weighted by Crippen LogP contribution is -2.54. The van der Waals surface area contributed by atoms with Crippen LogP contribution in [0.15, 0.2) is 30.3 Å². The van der Waals surface area contributed by atoms with Crippen molar-refractivity contribution in [2.75, 3.05) is 25.4 Å². The van der Waals surface area contributed by atoms with Crippen molar-refractivity contribution < 1.29 is 28.7 Å². The number of amides is 3. The van der Waals surface area contributed by atoms with Gasteiger partial charge in [0.1, 0.15) is 17.7 Å². The van der Waals surface area contributed by atoms with E-state index >= 15 is 0 Å². The number of benzene rings is 1. The van der Waals surface area contributed by atoms with Crippen molar-refractivity contribution in [1.29, 1.82) is 0 Å². The van der Waals surface area contributed by atoms with E-state index in [-0.39, 0.29) is 25.3 Å². The number of ether oxygens (including phenoxy) is 2. The molecular formula is C26H41N3O6S. The first-order chi connectivity index (χ1) is 17.0. The van der Waals surface area contributed by atoms with Gasteiger partial charge in [-0.2, -0.15) is 12.6 Å². The molecule has 36 heavy (non-hydrogen) atoms. The van der Waals surface area contributed by atoms with Crippen LogP contribution in [-0.4, -0.2) is 65.9 Å². The number of esters is 1. The third-order valence-corrected chi connectivity index (χ3v) is 5.43. The van der Waals surface area contributed by atoms with Crippen molar-refractivity contribution in [2.24, 2.45) is 0 Å². The van der Waals surface area contributed by atoms with E-state index in [1.54, 1.807) is 52.0 Å². The summed E-state index contributed by atoms with van der Waals surface area (Å²) in [5.74, 6) is -1.26. The van der Waals surface area contributed by atoms with Crippen LogP contribution >= 0.6 is 12.6 Å². The van der Waals surface area contributed by atoms with Gasteiger partial charge in [-0.25, -0.2) is 4.79 Å². The molecule has 2 unspecified atom stereocenters. The van der Waals surface area contributed by atoms with Gasteiger partial charge < -0.3 is 25.0 Å². The van der Waals surface area contributed by atoms with Gasteiger partial charge in [0.05, 0.1) is 13.0 Å². The fourth-order valence-corrected chi connectivity index (χ4v) is 3.71. The molecule has 9 nitrogen and oxygen atoms in total. The van der Waals surface area contributed by atoms with Crippen LogP contribution in [0.25, 0.3) is 0 Å². The summed E-state index contributed by atoms with van der Waals surface area (Å²) < 4.78 is 10.2. The molecule has 0 aromatic heterocycles. The third kappa shape index (κ3) is 11.3. The number of rotatable bonds is 14. The van der Waals surface area contributed by atoms with E-state index in [0.29, 0.717) is 18.5 Å². The molecule has 0 spiro atoms. The monoisotopic (exact) mass is 523 g/mol. The molecule has 1 aromatic carbocycles. The number of carbonyl (C=O) groups is 4. The lowest BCUT2D eigenvalue weighted by Gasteiger charge is -2.34. The van der Waals surface area contributed by atoms with Gasteiger partial charge in [-0.1, -0.05) is 50.1 Å². The van der Waals surface area contributed by atoms with Gasteiger partial charge in [0.2, 0.25) is 11.8 Å². The van der Waals surface area contributed by atoms with Crippen LogP contribution in [-0.2, 0) is 23.9 Å². The van der Waals surface area contributed by atoms with Crippen LogP contribution in [0.2, 0.25) is 0 Å². The van der Waals surface area contributed by atoms with Crippen molar-refractivity contribution in [1.82, 2.24) is 15.5 Å². The van der Waals surface area contributed by atoms with Crippen LogP contribution < -0.4 is 10.6 Å². The molecule has 0 fully saturated rings. The second-order valence-electron chi connectivity index (χ2n) is 9.28. The van der Waals surface area contributed by atoms with Gasteiger partial charge in [0.15, 0.2) is 0 Å². The largest absolute Gasteiger partial charge is 0.466 e. The Balaban J connectivity index is 3.23. The fraction of sp³-hybridized carbons (Fsp3) is 0.615. The summed E-state index contributed by atoms with van der Waals surface area (Å²) >= 11 is 4.28. The van der Waals surface area contributed by atoms with Crippen LogP contribution in [0.1, 0.15) is 71.9 Å². The fourth-order valence-electron chi connectivity index (χ4n) is 3.46. The minimum atomic E-state index is -0.997. The quantitative estimate of drug-likeness (QED) is 0.195. The smallest absolute Gasteiger partial charge is 0.408 e. The first kappa shape index (κ1) is 31.3. The van der Waals surface area contributed by atoms with Gasteiger partial charge in [-0.05, 0) is 39.7 Å². The van der Waals surface area contributed by atoms with Crippen molar-refractivity contribution >= 4 is 36.5 Å². The Hall–Kier alpha value is -2.75. The number of thiol groups is 1. The molecule has 0 bridgehead atoms. The highest BCUT2D eigenvalue weighted by Gasteiger charge is 2.35. The van der Waals surface area contributed by atoms with Gasteiger partial charge in [-0.15, -0.1) is 0 Å². The highest BCUT2D eigenvalue weighted by atomic mass is 32.1. The lowest BCUT2D eigenvalue weighted by atomic mass is 10.0. The summed E-state index contributed by atoms with van der Waals surface area (Å²) in [6.07, 6.45) is 1.74. The van der Waals surface area contributed by atoms with Gasteiger partial charge >= 0.3 is 12.1 Å². The number of carbonyl (C=O) groups excluding carboxylic acids is 4. The Morgan fingerprint density at radius 3 is 2.28 bits per heavy atom. The predicted octanol–water partition coefficient (Wildman–Crippen LogP) is 3.64. The maximum atomic E-state index is 13.7. The van der Waals surface area contributed by atoms with Gasteiger partial charge in [0.25, 0.3) is 0 Å². The van der Waals surface area contributed by atoms with Crippen molar-refractivity contribution in [3.05, 3.63) is 35.9 Å². The summed E-state index contributed by atoms with van der Waals surface area (Å²) in [6.45, 7) is 9.58. The number of hydrogen-bond donors (Lipinski definition) is 3. The second-order valence-corrected chi connectivity index (χ2v) is 9.64. The Morgan fingerprint density at radius 1 is 1.06 bits per heavy atom. The zero-order valence-corrected chi connectivity index (χ0v) is 22.9. The zero-order valence-electron chi connectivity index (χ0n) is 22.0. The SMILES string of the molecule is CCCCCN(C(=O)C(CS)NC(=O)OC(C)(C)C)C(C(=O)NCCC(=O)OCC)c1ccccc1. The average molecular weight is 524 g/mol. The molecule has 202 valence electrons. The topological polar surface area (TPSA) is 114 Å². The van der Waals surface area contributed by atoms with Gasteiger partial charge in [-0.3, -0.25) is 14.4 Å². The molecule has 0 aliphatic rings. The van der Waals surface area contributed by atoms with E-state index in [1.807, 2.05) is 13.0 Å². The zero-order chi connectivity index (χ0) is 27.1. The Morgan fingerprint density at radius 2 is 1.72 bits per heavy atom. The van der Waals surface area contributed by atoms with Crippen molar-refractivity contribution in [3.8, 4) is 0 Å². The van der Waals surface area contributed by atoms with E-state index in [1.165, 1.54) is 4.90 Å². The highest BCUT2D eigenvalue weighted by Crippen LogP contribution is 2.23. The van der Waals surface area contributed by atoms with E-state index < -0.39 is 41.6 Å². The first-order valence-corrected chi connectivity index (χ1v) is 13.1. The molecule has 3 amide bonds. The molecule has 0 saturated carbocycles. The third-order valence-electron chi connectivity index (χ3n) is 5.07. The van der Waals surface area contributed by atoms with E-state index in [4.69, 9.17) is 9.47 Å². The number of hydrogen-bond acceptors (Lipinski definition) is 7. The van der Waals surface area contributed by atoms with Crippen LogP contribution in [0.4, 0.5) is 4.79 Å². The van der Waals surface area contributed by atoms with Gasteiger partial charge in [0, 0.05) is 18.8 Å². The molecular weight excluding hydrogens is 482 g/mol. The molecule has 1 aromatic rings. The number of nitrogens with zero attached hydrogens (tertiary/aromatic N) is 1. The molecule has 0 aliphatic carbocycles. The minimum absolute atomic E-state index is 0.0182. The molecule has 2 atom stereocenters. The molecule has 0 aliphatic heterocycles. The number of nitrogens with one attached hydrogen (secondary N) is 2.